The zero-order chi connectivity index (χ0) is 13.6. The third kappa shape index (κ3) is 3.46. The molecule has 4 nitrogen and oxygen atoms in total. The SMILES string of the molecule is COCCNC(C)(C#N)c1ccc(N(C)C)cc1. The molecule has 0 saturated heterocycles. The van der Waals surface area contributed by atoms with Crippen LogP contribution in [0.4, 0.5) is 5.69 Å². The van der Waals surface area contributed by atoms with Crippen molar-refractivity contribution in [2.75, 3.05) is 39.3 Å². The molecule has 18 heavy (non-hydrogen) atoms. The number of benzene rings is 1. The first-order valence-electron chi connectivity index (χ1n) is 5.96. The van der Waals surface area contributed by atoms with Crippen molar-refractivity contribution >= 4 is 5.69 Å². The number of rotatable bonds is 6. The lowest BCUT2D eigenvalue weighted by atomic mass is 9.93. The van der Waals surface area contributed by atoms with Crippen molar-refractivity contribution in [1.29, 1.82) is 5.26 Å². The van der Waals surface area contributed by atoms with Gasteiger partial charge in [-0.3, -0.25) is 5.32 Å². The minimum atomic E-state index is -0.677. The van der Waals surface area contributed by atoms with Gasteiger partial charge in [0.05, 0.1) is 12.7 Å². The summed E-state index contributed by atoms with van der Waals surface area (Å²) in [5, 5.41) is 12.6. The normalized spacial score (nSPS) is 13.7. The Morgan fingerprint density at radius 3 is 2.39 bits per heavy atom. The largest absolute Gasteiger partial charge is 0.383 e. The lowest BCUT2D eigenvalue weighted by Gasteiger charge is -2.24. The number of ether oxygens (including phenoxy) is 1. The van der Waals surface area contributed by atoms with E-state index in [0.29, 0.717) is 13.2 Å². The van der Waals surface area contributed by atoms with Gasteiger partial charge in [0.2, 0.25) is 0 Å². The Balaban J connectivity index is 2.84. The Morgan fingerprint density at radius 2 is 1.94 bits per heavy atom. The first-order valence-corrected chi connectivity index (χ1v) is 5.96. The molecule has 0 aliphatic heterocycles. The lowest BCUT2D eigenvalue weighted by Crippen LogP contribution is -2.40. The number of hydrogen-bond acceptors (Lipinski definition) is 4. The van der Waals surface area contributed by atoms with E-state index in [4.69, 9.17) is 4.74 Å². The predicted molar refractivity (Wildman–Crippen MR) is 73.6 cm³/mol. The van der Waals surface area contributed by atoms with Crippen LogP contribution < -0.4 is 10.2 Å². The average molecular weight is 247 g/mol. The number of nitrogens with one attached hydrogen (secondary N) is 1. The molecule has 1 unspecified atom stereocenters. The molecule has 4 heteroatoms. The molecule has 1 aromatic rings. The van der Waals surface area contributed by atoms with E-state index in [9.17, 15) is 5.26 Å². The fourth-order valence-corrected chi connectivity index (χ4v) is 1.70. The molecule has 0 saturated carbocycles. The highest BCUT2D eigenvalue weighted by molar-refractivity contribution is 5.48. The summed E-state index contributed by atoms with van der Waals surface area (Å²) in [7, 11) is 5.64. The monoisotopic (exact) mass is 247 g/mol. The molecule has 0 amide bonds. The maximum atomic E-state index is 9.35. The van der Waals surface area contributed by atoms with E-state index in [1.807, 2.05) is 50.2 Å². The average Bonchev–Trinajstić information content (AvgIpc) is 2.39. The Labute approximate surface area is 109 Å². The van der Waals surface area contributed by atoms with Gasteiger partial charge in [-0.05, 0) is 24.6 Å². The quantitative estimate of drug-likeness (QED) is 0.778. The Kier molecular flexibility index (Phi) is 5.14. The second kappa shape index (κ2) is 6.39. The summed E-state index contributed by atoms with van der Waals surface area (Å²) >= 11 is 0. The minimum absolute atomic E-state index is 0.590. The van der Waals surface area contributed by atoms with Gasteiger partial charge < -0.3 is 9.64 Å². The van der Waals surface area contributed by atoms with Gasteiger partial charge in [0.25, 0.3) is 0 Å². The molecule has 0 heterocycles. The third-order valence-corrected chi connectivity index (χ3v) is 2.97. The van der Waals surface area contributed by atoms with Gasteiger partial charge in [-0.15, -0.1) is 0 Å². The molecule has 0 spiro atoms. The molecular formula is C14H21N3O. The smallest absolute Gasteiger partial charge is 0.129 e. The van der Waals surface area contributed by atoms with E-state index in [0.717, 1.165) is 11.3 Å². The number of anilines is 1. The molecule has 0 bridgehead atoms. The van der Waals surface area contributed by atoms with Crippen LogP contribution in [0, 0.1) is 11.3 Å². The highest BCUT2D eigenvalue weighted by Crippen LogP contribution is 2.22. The fourth-order valence-electron chi connectivity index (χ4n) is 1.70. The van der Waals surface area contributed by atoms with Gasteiger partial charge in [0, 0.05) is 33.4 Å². The summed E-state index contributed by atoms with van der Waals surface area (Å²) in [6.07, 6.45) is 0. The van der Waals surface area contributed by atoms with Crippen molar-refractivity contribution in [2.45, 2.75) is 12.5 Å². The maximum absolute atomic E-state index is 9.35. The fraction of sp³-hybridized carbons (Fsp3) is 0.500. The van der Waals surface area contributed by atoms with Gasteiger partial charge in [0.1, 0.15) is 5.54 Å². The van der Waals surface area contributed by atoms with E-state index in [1.54, 1.807) is 7.11 Å². The first-order chi connectivity index (χ1) is 8.53. The predicted octanol–water partition coefficient (Wildman–Crippen LogP) is 1.73. The molecule has 1 aromatic carbocycles. The third-order valence-electron chi connectivity index (χ3n) is 2.97. The van der Waals surface area contributed by atoms with Crippen LogP contribution in [0.2, 0.25) is 0 Å². The molecular weight excluding hydrogens is 226 g/mol. The van der Waals surface area contributed by atoms with E-state index in [2.05, 4.69) is 11.4 Å². The molecule has 1 N–H and O–H groups in total. The van der Waals surface area contributed by atoms with Crippen molar-refractivity contribution in [1.82, 2.24) is 5.32 Å². The first kappa shape index (κ1) is 14.5. The van der Waals surface area contributed by atoms with Crippen LogP contribution >= 0.6 is 0 Å². The molecule has 1 rings (SSSR count). The maximum Gasteiger partial charge on any atom is 0.129 e. The van der Waals surface area contributed by atoms with Gasteiger partial charge in [-0.2, -0.15) is 5.26 Å². The van der Waals surface area contributed by atoms with Crippen LogP contribution in [0.1, 0.15) is 12.5 Å². The zero-order valence-electron chi connectivity index (χ0n) is 11.5. The van der Waals surface area contributed by atoms with Crippen molar-refractivity contribution in [3.63, 3.8) is 0 Å². The molecule has 0 fully saturated rings. The topological polar surface area (TPSA) is 48.3 Å². The van der Waals surface area contributed by atoms with Crippen LogP contribution in [0.5, 0.6) is 0 Å². The van der Waals surface area contributed by atoms with Crippen LogP contribution in [-0.4, -0.2) is 34.4 Å². The van der Waals surface area contributed by atoms with Crippen LogP contribution in [-0.2, 0) is 10.3 Å². The standard InChI is InChI=1S/C14H21N3O/c1-14(11-15,16-9-10-18-4)12-5-7-13(8-6-12)17(2)3/h5-8,16H,9-10H2,1-4H3. The number of hydrogen-bond donors (Lipinski definition) is 1. The van der Waals surface area contributed by atoms with Crippen molar-refractivity contribution in [2.24, 2.45) is 0 Å². The molecule has 98 valence electrons. The van der Waals surface area contributed by atoms with Gasteiger partial charge in [-0.25, -0.2) is 0 Å². The number of methoxy groups -OCH3 is 1. The van der Waals surface area contributed by atoms with Gasteiger partial charge >= 0.3 is 0 Å². The zero-order valence-corrected chi connectivity index (χ0v) is 11.5. The van der Waals surface area contributed by atoms with E-state index in [-0.39, 0.29) is 0 Å². The van der Waals surface area contributed by atoms with E-state index in [1.165, 1.54) is 0 Å². The second-order valence-corrected chi connectivity index (χ2v) is 4.60. The van der Waals surface area contributed by atoms with Crippen molar-refractivity contribution in [3.8, 4) is 6.07 Å². The number of nitriles is 1. The van der Waals surface area contributed by atoms with E-state index >= 15 is 0 Å². The summed E-state index contributed by atoms with van der Waals surface area (Å²) in [5.41, 5.74) is 1.41. The molecule has 0 aromatic heterocycles. The number of nitrogens with zero attached hydrogens (tertiary/aromatic N) is 2. The van der Waals surface area contributed by atoms with Crippen LogP contribution in [0.3, 0.4) is 0 Å². The summed E-state index contributed by atoms with van der Waals surface area (Å²) in [4.78, 5) is 2.03. The second-order valence-electron chi connectivity index (χ2n) is 4.60. The van der Waals surface area contributed by atoms with Crippen molar-refractivity contribution in [3.05, 3.63) is 29.8 Å². The molecule has 0 radical (unpaired) electrons. The Morgan fingerprint density at radius 1 is 1.33 bits per heavy atom. The summed E-state index contributed by atoms with van der Waals surface area (Å²) < 4.78 is 4.99. The Hall–Kier alpha value is -1.57. The van der Waals surface area contributed by atoms with Crippen LogP contribution in [0.15, 0.2) is 24.3 Å². The summed E-state index contributed by atoms with van der Waals surface area (Å²) in [6.45, 7) is 3.12. The summed E-state index contributed by atoms with van der Waals surface area (Å²) in [5.74, 6) is 0. The molecule has 1 atom stereocenters. The molecule has 0 aliphatic rings. The van der Waals surface area contributed by atoms with Crippen LogP contribution in [0.25, 0.3) is 0 Å². The van der Waals surface area contributed by atoms with Crippen molar-refractivity contribution < 1.29 is 4.74 Å². The molecule has 0 aliphatic carbocycles. The Bertz CT molecular complexity index is 408. The van der Waals surface area contributed by atoms with Gasteiger partial charge in [-0.1, -0.05) is 12.1 Å². The van der Waals surface area contributed by atoms with E-state index < -0.39 is 5.54 Å². The van der Waals surface area contributed by atoms with Gasteiger partial charge in [0.15, 0.2) is 0 Å². The summed E-state index contributed by atoms with van der Waals surface area (Å²) in [6, 6.07) is 10.3. The highest BCUT2D eigenvalue weighted by atomic mass is 16.5. The minimum Gasteiger partial charge on any atom is -0.383 e. The highest BCUT2D eigenvalue weighted by Gasteiger charge is 2.25. The lowest BCUT2D eigenvalue weighted by molar-refractivity contribution is 0.192.